The second kappa shape index (κ2) is 6.10. The summed E-state index contributed by atoms with van der Waals surface area (Å²) in [5.41, 5.74) is 2.97. The van der Waals surface area contributed by atoms with Crippen LogP contribution in [0.5, 0.6) is 0 Å². The van der Waals surface area contributed by atoms with E-state index in [0.717, 1.165) is 36.6 Å². The minimum atomic E-state index is 0.235. The van der Waals surface area contributed by atoms with E-state index in [9.17, 15) is 0 Å². The third-order valence-corrected chi connectivity index (χ3v) is 3.52. The summed E-state index contributed by atoms with van der Waals surface area (Å²) in [5.74, 6) is 1.02. The van der Waals surface area contributed by atoms with Gasteiger partial charge in [0.05, 0.1) is 6.20 Å². The number of aryl methyl sites for hydroxylation is 1. The van der Waals surface area contributed by atoms with Gasteiger partial charge < -0.3 is 9.73 Å². The number of benzene rings is 1. The molecule has 0 aliphatic rings. The minimum absolute atomic E-state index is 0.235. The predicted molar refractivity (Wildman–Crippen MR) is 82.0 cm³/mol. The van der Waals surface area contributed by atoms with Gasteiger partial charge in [-0.1, -0.05) is 19.1 Å². The molecule has 0 saturated heterocycles. The average molecular weight is 284 g/mol. The maximum Gasteiger partial charge on any atom is 0.199 e. The molecule has 0 saturated carbocycles. The van der Waals surface area contributed by atoms with E-state index in [0.29, 0.717) is 0 Å². The molecule has 0 aliphatic heterocycles. The smallest absolute Gasteiger partial charge is 0.199 e. The zero-order chi connectivity index (χ0) is 14.7. The Hall–Kier alpha value is -2.14. The SMILES string of the molecule is CCn1cc(CNC[C@H](C)c2nc3ccccc3o2)cn1. The van der Waals surface area contributed by atoms with Gasteiger partial charge in [0.2, 0.25) is 0 Å². The molecular weight excluding hydrogens is 264 g/mol. The number of rotatable bonds is 6. The summed E-state index contributed by atoms with van der Waals surface area (Å²) >= 11 is 0. The normalized spacial score (nSPS) is 12.9. The number of aromatic nitrogens is 3. The van der Waals surface area contributed by atoms with Crippen LogP contribution >= 0.6 is 0 Å². The van der Waals surface area contributed by atoms with Crippen LogP contribution in [0.1, 0.15) is 31.2 Å². The molecule has 0 fully saturated rings. The molecule has 2 aromatic heterocycles. The van der Waals surface area contributed by atoms with Crippen molar-refractivity contribution in [2.45, 2.75) is 32.9 Å². The Morgan fingerprint density at radius 3 is 2.95 bits per heavy atom. The summed E-state index contributed by atoms with van der Waals surface area (Å²) < 4.78 is 7.72. The lowest BCUT2D eigenvalue weighted by molar-refractivity contribution is 0.466. The van der Waals surface area contributed by atoms with Crippen LogP contribution in [-0.4, -0.2) is 21.3 Å². The molecule has 21 heavy (non-hydrogen) atoms. The highest BCUT2D eigenvalue weighted by atomic mass is 16.3. The van der Waals surface area contributed by atoms with Gasteiger partial charge in [0, 0.05) is 37.3 Å². The maximum absolute atomic E-state index is 5.79. The Morgan fingerprint density at radius 1 is 1.33 bits per heavy atom. The van der Waals surface area contributed by atoms with Crippen molar-refractivity contribution in [1.29, 1.82) is 0 Å². The van der Waals surface area contributed by atoms with Crippen molar-refractivity contribution in [2.24, 2.45) is 0 Å². The van der Waals surface area contributed by atoms with E-state index in [1.54, 1.807) is 0 Å². The second-order valence-electron chi connectivity index (χ2n) is 5.26. The molecule has 2 heterocycles. The lowest BCUT2D eigenvalue weighted by Crippen LogP contribution is -2.19. The van der Waals surface area contributed by atoms with Crippen LogP contribution in [0.25, 0.3) is 11.1 Å². The fourth-order valence-electron chi connectivity index (χ4n) is 2.29. The topological polar surface area (TPSA) is 55.9 Å². The Labute approximate surface area is 124 Å². The molecule has 1 atom stereocenters. The largest absolute Gasteiger partial charge is 0.440 e. The number of hydrogen-bond acceptors (Lipinski definition) is 4. The van der Waals surface area contributed by atoms with Gasteiger partial charge in [-0.05, 0) is 19.1 Å². The van der Waals surface area contributed by atoms with Crippen molar-refractivity contribution in [3.63, 3.8) is 0 Å². The number of fused-ring (bicyclic) bond motifs is 1. The first-order valence-electron chi connectivity index (χ1n) is 7.33. The number of hydrogen-bond donors (Lipinski definition) is 1. The highest BCUT2D eigenvalue weighted by Gasteiger charge is 2.13. The van der Waals surface area contributed by atoms with Crippen LogP contribution in [0.15, 0.2) is 41.1 Å². The van der Waals surface area contributed by atoms with Crippen molar-refractivity contribution >= 4 is 11.1 Å². The fraction of sp³-hybridized carbons (Fsp3) is 0.375. The van der Waals surface area contributed by atoms with Crippen LogP contribution in [0.2, 0.25) is 0 Å². The lowest BCUT2D eigenvalue weighted by Gasteiger charge is -2.08. The maximum atomic E-state index is 5.79. The molecule has 3 rings (SSSR count). The molecule has 1 N–H and O–H groups in total. The molecule has 0 spiro atoms. The van der Waals surface area contributed by atoms with Gasteiger partial charge in [-0.2, -0.15) is 5.10 Å². The quantitative estimate of drug-likeness (QED) is 0.756. The summed E-state index contributed by atoms with van der Waals surface area (Å²) in [7, 11) is 0. The van der Waals surface area contributed by atoms with Crippen LogP contribution in [0, 0.1) is 0 Å². The van der Waals surface area contributed by atoms with Crippen LogP contribution in [0.3, 0.4) is 0 Å². The van der Waals surface area contributed by atoms with Crippen molar-refractivity contribution in [2.75, 3.05) is 6.54 Å². The molecule has 0 unspecified atom stereocenters. The Balaban J connectivity index is 1.57. The van der Waals surface area contributed by atoms with E-state index in [4.69, 9.17) is 4.42 Å². The Bertz CT molecular complexity index is 683. The number of nitrogens with one attached hydrogen (secondary N) is 1. The molecule has 3 aromatic rings. The third kappa shape index (κ3) is 3.13. The van der Waals surface area contributed by atoms with Gasteiger partial charge in [0.15, 0.2) is 11.5 Å². The second-order valence-corrected chi connectivity index (χ2v) is 5.26. The number of para-hydroxylation sites is 2. The molecule has 0 bridgehead atoms. The van der Waals surface area contributed by atoms with E-state index < -0.39 is 0 Å². The van der Waals surface area contributed by atoms with Gasteiger partial charge in [-0.15, -0.1) is 0 Å². The van der Waals surface area contributed by atoms with E-state index in [1.165, 1.54) is 5.56 Å². The van der Waals surface area contributed by atoms with Gasteiger partial charge in [-0.25, -0.2) is 4.98 Å². The monoisotopic (exact) mass is 284 g/mol. The first-order chi connectivity index (χ1) is 10.3. The van der Waals surface area contributed by atoms with Crippen LogP contribution < -0.4 is 5.32 Å². The van der Waals surface area contributed by atoms with Crippen LogP contribution in [0.4, 0.5) is 0 Å². The van der Waals surface area contributed by atoms with Gasteiger partial charge >= 0.3 is 0 Å². The lowest BCUT2D eigenvalue weighted by atomic mass is 10.2. The highest BCUT2D eigenvalue weighted by molar-refractivity contribution is 5.72. The molecule has 1 aromatic carbocycles. The van der Waals surface area contributed by atoms with E-state index in [2.05, 4.69) is 35.4 Å². The van der Waals surface area contributed by atoms with Crippen molar-refractivity contribution < 1.29 is 4.42 Å². The molecule has 5 heteroatoms. The fourth-order valence-corrected chi connectivity index (χ4v) is 2.29. The van der Waals surface area contributed by atoms with Gasteiger partial charge in [-0.3, -0.25) is 4.68 Å². The first kappa shape index (κ1) is 13.8. The summed E-state index contributed by atoms with van der Waals surface area (Å²) in [4.78, 5) is 4.53. The zero-order valence-corrected chi connectivity index (χ0v) is 12.4. The van der Waals surface area contributed by atoms with Gasteiger partial charge in [0.25, 0.3) is 0 Å². The van der Waals surface area contributed by atoms with Crippen LogP contribution in [-0.2, 0) is 13.1 Å². The molecule has 5 nitrogen and oxygen atoms in total. The zero-order valence-electron chi connectivity index (χ0n) is 12.4. The standard InChI is InChI=1S/C16H20N4O/c1-3-20-11-13(10-18-20)9-17-8-12(2)16-19-14-6-4-5-7-15(14)21-16/h4-7,10-12,17H,3,8-9H2,1-2H3/t12-/m0/s1. The van der Waals surface area contributed by atoms with E-state index in [1.807, 2.05) is 35.1 Å². The Morgan fingerprint density at radius 2 is 2.19 bits per heavy atom. The molecule has 0 aliphatic carbocycles. The van der Waals surface area contributed by atoms with E-state index in [-0.39, 0.29) is 5.92 Å². The van der Waals surface area contributed by atoms with Crippen molar-refractivity contribution in [1.82, 2.24) is 20.1 Å². The third-order valence-electron chi connectivity index (χ3n) is 3.52. The molecule has 110 valence electrons. The summed E-state index contributed by atoms with van der Waals surface area (Å²) in [5, 5.41) is 7.69. The summed E-state index contributed by atoms with van der Waals surface area (Å²) in [6, 6.07) is 7.86. The first-order valence-corrected chi connectivity index (χ1v) is 7.33. The Kier molecular flexibility index (Phi) is 4.01. The minimum Gasteiger partial charge on any atom is -0.440 e. The van der Waals surface area contributed by atoms with Crippen molar-refractivity contribution in [3.05, 3.63) is 48.1 Å². The van der Waals surface area contributed by atoms with E-state index >= 15 is 0 Å². The van der Waals surface area contributed by atoms with Gasteiger partial charge in [0.1, 0.15) is 5.52 Å². The number of oxazole rings is 1. The summed E-state index contributed by atoms with van der Waals surface area (Å²) in [6.07, 6.45) is 3.97. The molecule has 0 radical (unpaired) electrons. The van der Waals surface area contributed by atoms with Crippen molar-refractivity contribution in [3.8, 4) is 0 Å². The average Bonchev–Trinajstić information content (AvgIpc) is 3.13. The number of nitrogens with zero attached hydrogens (tertiary/aromatic N) is 3. The predicted octanol–water partition coefficient (Wildman–Crippen LogP) is 2.94. The molecular formula is C16H20N4O. The summed E-state index contributed by atoms with van der Waals surface area (Å²) in [6.45, 7) is 6.74. The molecule has 0 amide bonds. The highest BCUT2D eigenvalue weighted by Crippen LogP contribution is 2.20.